The lowest BCUT2D eigenvalue weighted by atomic mass is 9.99. The van der Waals surface area contributed by atoms with Crippen LogP contribution in [0.1, 0.15) is 15.9 Å². The number of methoxy groups -OCH3 is 1. The minimum atomic E-state index is -4.52. The number of hydrogen-bond donors (Lipinski definition) is 0. The molecular weight excluding hydrogens is 299 g/mol. The summed E-state index contributed by atoms with van der Waals surface area (Å²) in [6.07, 6.45) is -2.79. The van der Waals surface area contributed by atoms with Gasteiger partial charge in [0, 0.05) is 36.0 Å². The Bertz CT molecular complexity index is 779. The Hall–Kier alpha value is -2.57. The first-order chi connectivity index (χ1) is 10.3. The van der Waals surface area contributed by atoms with Crippen molar-refractivity contribution < 1.29 is 22.7 Å². The fraction of sp³-hybridized carbons (Fsp3) is 0.200. The maximum absolute atomic E-state index is 12.9. The Morgan fingerprint density at radius 3 is 2.41 bits per heavy atom. The molecule has 0 aliphatic carbocycles. The number of alkyl halides is 3. The predicted molar refractivity (Wildman–Crippen MR) is 74.1 cm³/mol. The third-order valence-corrected chi connectivity index (χ3v) is 3.20. The zero-order valence-corrected chi connectivity index (χ0v) is 11.8. The number of aryl methyl sites for hydroxylation is 1. The van der Waals surface area contributed by atoms with Gasteiger partial charge < -0.3 is 9.30 Å². The lowest BCUT2D eigenvalue weighted by Crippen LogP contribution is -2.16. The fourth-order valence-corrected chi connectivity index (χ4v) is 2.06. The average Bonchev–Trinajstić information content (AvgIpc) is 2.48. The van der Waals surface area contributed by atoms with Crippen LogP contribution >= 0.6 is 0 Å². The molecule has 0 spiro atoms. The van der Waals surface area contributed by atoms with E-state index >= 15 is 0 Å². The second-order valence-corrected chi connectivity index (χ2v) is 4.62. The number of benzene rings is 1. The Morgan fingerprint density at radius 1 is 1.18 bits per heavy atom. The molecule has 2 aromatic rings. The number of hydrogen-bond acceptors (Lipinski definition) is 3. The normalized spacial score (nSPS) is 11.3. The van der Waals surface area contributed by atoms with Crippen LogP contribution in [0, 0.1) is 0 Å². The van der Waals surface area contributed by atoms with Crippen LogP contribution in [0.15, 0.2) is 35.3 Å². The zero-order chi connectivity index (χ0) is 16.5. The average molecular weight is 311 g/mol. The van der Waals surface area contributed by atoms with Crippen molar-refractivity contribution in [2.24, 2.45) is 7.05 Å². The molecule has 0 radical (unpaired) electrons. The molecule has 0 atom stereocenters. The Morgan fingerprint density at radius 2 is 1.86 bits per heavy atom. The summed E-state index contributed by atoms with van der Waals surface area (Å²) in [5.41, 5.74) is -1.01. The van der Waals surface area contributed by atoms with E-state index in [-0.39, 0.29) is 22.4 Å². The summed E-state index contributed by atoms with van der Waals surface area (Å²) in [5.74, 6) is 0.176. The summed E-state index contributed by atoms with van der Waals surface area (Å²) in [6, 6.07) is 4.04. The number of halogens is 3. The van der Waals surface area contributed by atoms with E-state index in [1.807, 2.05) is 0 Å². The second kappa shape index (κ2) is 5.67. The van der Waals surface area contributed by atoms with Crippen molar-refractivity contribution in [3.05, 3.63) is 51.9 Å². The molecule has 0 aliphatic rings. The highest BCUT2D eigenvalue weighted by Gasteiger charge is 2.31. The van der Waals surface area contributed by atoms with Gasteiger partial charge in [0.05, 0.1) is 12.7 Å². The summed E-state index contributed by atoms with van der Waals surface area (Å²) in [5, 5.41) is 0. The highest BCUT2D eigenvalue weighted by molar-refractivity contribution is 5.89. The van der Waals surface area contributed by atoms with Gasteiger partial charge in [-0.05, 0) is 18.2 Å². The van der Waals surface area contributed by atoms with Crippen molar-refractivity contribution in [2.45, 2.75) is 6.18 Å². The Balaban J connectivity index is 2.78. The SMILES string of the molecule is COc1ccc(C(F)(F)F)cc1-c1cn(C)c(=O)cc1C=O. The fourth-order valence-electron chi connectivity index (χ4n) is 2.06. The van der Waals surface area contributed by atoms with E-state index in [1.165, 1.54) is 31.0 Å². The zero-order valence-electron chi connectivity index (χ0n) is 11.8. The van der Waals surface area contributed by atoms with E-state index in [0.717, 1.165) is 18.2 Å². The van der Waals surface area contributed by atoms with Crippen LogP contribution in [-0.2, 0) is 13.2 Å². The van der Waals surface area contributed by atoms with E-state index in [0.29, 0.717) is 6.29 Å². The number of aromatic nitrogens is 1. The van der Waals surface area contributed by atoms with Gasteiger partial charge in [0.25, 0.3) is 5.56 Å². The lowest BCUT2D eigenvalue weighted by Gasteiger charge is -2.14. The summed E-state index contributed by atoms with van der Waals surface area (Å²) in [4.78, 5) is 22.7. The molecule has 0 N–H and O–H groups in total. The van der Waals surface area contributed by atoms with Crippen molar-refractivity contribution in [1.82, 2.24) is 4.57 Å². The smallest absolute Gasteiger partial charge is 0.416 e. The maximum Gasteiger partial charge on any atom is 0.416 e. The number of carbonyl (C=O) groups is 1. The number of aldehydes is 1. The monoisotopic (exact) mass is 311 g/mol. The van der Waals surface area contributed by atoms with Crippen LogP contribution < -0.4 is 10.3 Å². The van der Waals surface area contributed by atoms with E-state index in [4.69, 9.17) is 4.74 Å². The first-order valence-corrected chi connectivity index (χ1v) is 6.19. The third kappa shape index (κ3) is 2.88. The molecule has 0 saturated heterocycles. The van der Waals surface area contributed by atoms with Crippen molar-refractivity contribution >= 4 is 6.29 Å². The lowest BCUT2D eigenvalue weighted by molar-refractivity contribution is -0.137. The van der Waals surface area contributed by atoms with Gasteiger partial charge in [0.1, 0.15) is 5.75 Å². The van der Waals surface area contributed by atoms with Crippen LogP contribution in [0.4, 0.5) is 13.2 Å². The van der Waals surface area contributed by atoms with Crippen molar-refractivity contribution in [3.8, 4) is 16.9 Å². The molecule has 0 aliphatic heterocycles. The van der Waals surface area contributed by atoms with Crippen molar-refractivity contribution in [3.63, 3.8) is 0 Å². The van der Waals surface area contributed by atoms with Crippen LogP contribution in [0.2, 0.25) is 0 Å². The summed E-state index contributed by atoms with van der Waals surface area (Å²) in [7, 11) is 2.76. The quantitative estimate of drug-likeness (QED) is 0.819. The molecule has 0 saturated carbocycles. The number of ether oxygens (including phenoxy) is 1. The van der Waals surface area contributed by atoms with Crippen LogP contribution in [0.25, 0.3) is 11.1 Å². The molecule has 22 heavy (non-hydrogen) atoms. The molecule has 116 valence electrons. The van der Waals surface area contributed by atoms with Crippen LogP contribution in [-0.4, -0.2) is 18.0 Å². The largest absolute Gasteiger partial charge is 0.496 e. The van der Waals surface area contributed by atoms with E-state index in [9.17, 15) is 22.8 Å². The van der Waals surface area contributed by atoms with Gasteiger partial charge in [-0.15, -0.1) is 0 Å². The molecule has 0 unspecified atom stereocenters. The van der Waals surface area contributed by atoms with Gasteiger partial charge >= 0.3 is 6.18 Å². The second-order valence-electron chi connectivity index (χ2n) is 4.62. The number of pyridine rings is 1. The predicted octanol–water partition coefficient (Wildman–Crippen LogP) is 2.89. The van der Waals surface area contributed by atoms with Gasteiger partial charge in [-0.25, -0.2) is 0 Å². The maximum atomic E-state index is 12.9. The standard InChI is InChI=1S/C15H12F3NO3/c1-19-7-12(9(8-20)5-14(19)21)11-6-10(15(16,17)18)3-4-13(11)22-2/h3-8H,1-2H3. The molecular formula is C15H12F3NO3. The van der Waals surface area contributed by atoms with Crippen molar-refractivity contribution in [2.75, 3.05) is 7.11 Å². The minimum absolute atomic E-state index is 0.000671. The highest BCUT2D eigenvalue weighted by atomic mass is 19.4. The molecule has 1 aromatic heterocycles. The van der Waals surface area contributed by atoms with Gasteiger partial charge in [-0.2, -0.15) is 13.2 Å². The first-order valence-electron chi connectivity index (χ1n) is 6.19. The molecule has 2 rings (SSSR count). The van der Waals surface area contributed by atoms with E-state index in [2.05, 4.69) is 0 Å². The van der Waals surface area contributed by atoms with Crippen LogP contribution in [0.3, 0.4) is 0 Å². The summed E-state index contributed by atoms with van der Waals surface area (Å²) < 4.78 is 44.9. The van der Waals surface area contributed by atoms with Crippen LogP contribution in [0.5, 0.6) is 5.75 Å². The molecule has 7 heteroatoms. The molecule has 4 nitrogen and oxygen atoms in total. The number of carbonyl (C=O) groups excluding carboxylic acids is 1. The molecule has 0 amide bonds. The van der Waals surface area contributed by atoms with E-state index in [1.54, 1.807) is 0 Å². The van der Waals surface area contributed by atoms with Gasteiger partial charge in [-0.3, -0.25) is 9.59 Å². The first kappa shape index (κ1) is 15.8. The number of nitrogens with zero attached hydrogens (tertiary/aromatic N) is 1. The minimum Gasteiger partial charge on any atom is -0.496 e. The molecule has 1 aromatic carbocycles. The highest BCUT2D eigenvalue weighted by Crippen LogP contribution is 2.37. The molecule has 0 fully saturated rings. The van der Waals surface area contributed by atoms with Gasteiger partial charge in [-0.1, -0.05) is 0 Å². The topological polar surface area (TPSA) is 48.3 Å². The summed E-state index contributed by atoms with van der Waals surface area (Å²) >= 11 is 0. The number of rotatable bonds is 3. The Labute approximate surface area is 123 Å². The Kier molecular flexibility index (Phi) is 4.07. The summed E-state index contributed by atoms with van der Waals surface area (Å²) in [6.45, 7) is 0. The van der Waals surface area contributed by atoms with Gasteiger partial charge in [0.15, 0.2) is 6.29 Å². The van der Waals surface area contributed by atoms with Crippen molar-refractivity contribution in [1.29, 1.82) is 0 Å². The van der Waals surface area contributed by atoms with Gasteiger partial charge in [0.2, 0.25) is 0 Å². The third-order valence-electron chi connectivity index (χ3n) is 3.20. The molecule has 1 heterocycles. The van der Waals surface area contributed by atoms with E-state index < -0.39 is 17.3 Å². The molecule has 0 bridgehead atoms.